The number of hydrogen-bond donors (Lipinski definition) is 1. The van der Waals surface area contributed by atoms with Gasteiger partial charge < -0.3 is 14.3 Å². The predicted molar refractivity (Wildman–Crippen MR) is 134 cm³/mol. The lowest BCUT2D eigenvalue weighted by atomic mass is 9.71. The zero-order valence-electron chi connectivity index (χ0n) is 21.3. The maximum atomic E-state index is 13.6. The molecule has 1 aromatic heterocycles. The molecular formula is C29H29F6N2O2+. The average Bonchev–Trinajstić information content (AvgIpc) is 2.90. The highest BCUT2D eigenvalue weighted by Gasteiger charge is 2.54. The van der Waals surface area contributed by atoms with Crippen molar-refractivity contribution >= 4 is 10.9 Å². The fraction of sp³-hybridized carbons (Fsp3) is 0.414. The van der Waals surface area contributed by atoms with E-state index < -0.39 is 35.6 Å². The maximum Gasteiger partial charge on any atom is 0.416 e. The lowest BCUT2D eigenvalue weighted by Gasteiger charge is -2.58. The van der Waals surface area contributed by atoms with E-state index in [1.165, 1.54) is 7.11 Å². The van der Waals surface area contributed by atoms with E-state index in [9.17, 15) is 31.4 Å². The fourth-order valence-electron chi connectivity index (χ4n) is 6.59. The fourth-order valence-corrected chi connectivity index (χ4v) is 6.59. The molecule has 3 aliphatic rings. The monoisotopic (exact) mass is 551 g/mol. The molecule has 2 aromatic carbocycles. The van der Waals surface area contributed by atoms with Gasteiger partial charge in [0.15, 0.2) is 0 Å². The highest BCUT2D eigenvalue weighted by Crippen LogP contribution is 2.48. The van der Waals surface area contributed by atoms with E-state index >= 15 is 0 Å². The number of ether oxygens (including phenoxy) is 1. The number of halogens is 6. The molecule has 4 heterocycles. The molecule has 208 valence electrons. The summed E-state index contributed by atoms with van der Waals surface area (Å²) in [5.41, 5.74) is -1.47. The summed E-state index contributed by atoms with van der Waals surface area (Å²) >= 11 is 0. The van der Waals surface area contributed by atoms with E-state index in [2.05, 4.69) is 11.6 Å². The second-order valence-corrected chi connectivity index (χ2v) is 10.7. The van der Waals surface area contributed by atoms with Crippen LogP contribution in [-0.2, 0) is 18.9 Å². The topological polar surface area (TPSA) is 42.4 Å². The van der Waals surface area contributed by atoms with Crippen molar-refractivity contribution in [1.82, 2.24) is 4.98 Å². The summed E-state index contributed by atoms with van der Waals surface area (Å²) in [6, 6.07) is 8.34. The Bertz CT molecular complexity index is 1360. The number of quaternary nitrogens is 1. The molecule has 0 saturated carbocycles. The zero-order chi connectivity index (χ0) is 28.2. The van der Waals surface area contributed by atoms with Crippen molar-refractivity contribution in [3.63, 3.8) is 0 Å². The summed E-state index contributed by atoms with van der Waals surface area (Å²) in [6.45, 7) is 4.86. The molecule has 0 aliphatic carbocycles. The summed E-state index contributed by atoms with van der Waals surface area (Å²) in [4.78, 5) is 4.37. The number of rotatable bonds is 6. The molecule has 4 nitrogen and oxygen atoms in total. The number of methoxy groups -OCH3 is 1. The molecule has 39 heavy (non-hydrogen) atoms. The van der Waals surface area contributed by atoms with Crippen LogP contribution < -0.4 is 4.74 Å². The maximum absolute atomic E-state index is 13.6. The third-order valence-electron chi connectivity index (χ3n) is 8.49. The summed E-state index contributed by atoms with van der Waals surface area (Å²) in [7, 11) is 1.53. The van der Waals surface area contributed by atoms with Crippen LogP contribution in [0.2, 0.25) is 0 Å². The van der Waals surface area contributed by atoms with Crippen LogP contribution >= 0.6 is 0 Å². The van der Waals surface area contributed by atoms with E-state index in [4.69, 9.17) is 4.74 Å². The molecule has 0 spiro atoms. The van der Waals surface area contributed by atoms with Gasteiger partial charge in [-0.1, -0.05) is 6.08 Å². The first-order valence-electron chi connectivity index (χ1n) is 12.7. The number of alkyl halides is 6. The van der Waals surface area contributed by atoms with Gasteiger partial charge in [-0.3, -0.25) is 4.98 Å². The molecule has 3 aliphatic heterocycles. The third kappa shape index (κ3) is 5.12. The highest BCUT2D eigenvalue weighted by atomic mass is 19.4. The molecule has 3 saturated heterocycles. The van der Waals surface area contributed by atoms with Crippen LogP contribution in [0.15, 0.2) is 61.3 Å². The van der Waals surface area contributed by atoms with Gasteiger partial charge in [0.25, 0.3) is 0 Å². The minimum Gasteiger partial charge on any atom is -0.497 e. The van der Waals surface area contributed by atoms with Gasteiger partial charge in [0.05, 0.1) is 36.8 Å². The Balaban J connectivity index is 1.60. The summed E-state index contributed by atoms with van der Waals surface area (Å²) in [5.74, 6) is 0.843. The van der Waals surface area contributed by atoms with E-state index in [1.54, 1.807) is 30.5 Å². The minimum atomic E-state index is -4.93. The number of pyridine rings is 1. The quantitative estimate of drug-likeness (QED) is 0.205. The number of piperidine rings is 3. The van der Waals surface area contributed by atoms with Crippen LogP contribution in [-0.4, -0.2) is 40.8 Å². The van der Waals surface area contributed by atoms with Gasteiger partial charge in [0.2, 0.25) is 0 Å². The molecule has 0 amide bonds. The van der Waals surface area contributed by atoms with Crippen LogP contribution in [0.5, 0.6) is 5.75 Å². The molecule has 0 radical (unpaired) electrons. The SMILES string of the molecule is C=C[C@H]1C[N+]2(Cc3cc(C(F)(F)F)cc(C(F)(F)F)c3)CC[C@H]1C[C@H]2[C@H](O)c1ccnc2ccc(OC)cc12. The second-order valence-electron chi connectivity index (χ2n) is 10.7. The van der Waals surface area contributed by atoms with Gasteiger partial charge in [0, 0.05) is 35.9 Å². The van der Waals surface area contributed by atoms with Gasteiger partial charge >= 0.3 is 12.4 Å². The van der Waals surface area contributed by atoms with Gasteiger partial charge in [-0.25, -0.2) is 0 Å². The Morgan fingerprint density at radius 3 is 2.38 bits per heavy atom. The Labute approximate surface area is 222 Å². The van der Waals surface area contributed by atoms with Gasteiger partial charge in [-0.05, 0) is 53.9 Å². The van der Waals surface area contributed by atoms with Crippen LogP contribution in [0, 0.1) is 11.8 Å². The van der Waals surface area contributed by atoms with Crippen molar-refractivity contribution in [3.8, 4) is 5.75 Å². The van der Waals surface area contributed by atoms with Crippen molar-refractivity contribution in [3.05, 3.63) is 83.6 Å². The lowest BCUT2D eigenvalue weighted by molar-refractivity contribution is -0.984. The number of aromatic nitrogens is 1. The Morgan fingerprint density at radius 2 is 1.77 bits per heavy atom. The van der Waals surface area contributed by atoms with E-state index in [1.807, 2.05) is 6.08 Å². The van der Waals surface area contributed by atoms with E-state index in [-0.39, 0.29) is 34.5 Å². The van der Waals surface area contributed by atoms with E-state index in [0.29, 0.717) is 41.7 Å². The normalized spacial score (nSPS) is 26.0. The van der Waals surface area contributed by atoms with Crippen LogP contribution in [0.25, 0.3) is 10.9 Å². The van der Waals surface area contributed by atoms with Crippen molar-refractivity contribution in [2.75, 3.05) is 20.2 Å². The number of benzene rings is 2. The lowest BCUT2D eigenvalue weighted by Crippen LogP contribution is -2.67. The summed E-state index contributed by atoms with van der Waals surface area (Å²) in [6.07, 6.45) is -6.16. The first-order chi connectivity index (χ1) is 18.3. The van der Waals surface area contributed by atoms with Gasteiger partial charge in [-0.15, -0.1) is 6.58 Å². The molecule has 1 N–H and O–H groups in total. The van der Waals surface area contributed by atoms with Crippen molar-refractivity contribution in [2.24, 2.45) is 11.8 Å². The first kappa shape index (κ1) is 27.5. The minimum absolute atomic E-state index is 0.0457. The molecule has 3 fully saturated rings. The van der Waals surface area contributed by atoms with E-state index in [0.717, 1.165) is 18.6 Å². The Morgan fingerprint density at radius 1 is 1.08 bits per heavy atom. The molecule has 2 bridgehead atoms. The molecule has 1 unspecified atom stereocenters. The van der Waals surface area contributed by atoms with Crippen LogP contribution in [0.4, 0.5) is 26.3 Å². The number of hydrogen-bond acceptors (Lipinski definition) is 3. The van der Waals surface area contributed by atoms with Gasteiger partial charge in [0.1, 0.15) is 24.4 Å². The summed E-state index contributed by atoms with van der Waals surface area (Å²) < 4.78 is 87.2. The molecular weight excluding hydrogens is 522 g/mol. The number of nitrogens with zero attached hydrogens (tertiary/aromatic N) is 2. The third-order valence-corrected chi connectivity index (χ3v) is 8.49. The largest absolute Gasteiger partial charge is 0.497 e. The average molecular weight is 552 g/mol. The number of aliphatic hydroxyl groups excluding tert-OH is 1. The smallest absolute Gasteiger partial charge is 0.416 e. The van der Waals surface area contributed by atoms with Gasteiger partial charge in [-0.2, -0.15) is 26.3 Å². The zero-order valence-corrected chi connectivity index (χ0v) is 21.3. The molecule has 3 aromatic rings. The molecule has 5 atom stereocenters. The first-order valence-corrected chi connectivity index (χ1v) is 12.7. The predicted octanol–water partition coefficient (Wildman–Crippen LogP) is 6.93. The summed E-state index contributed by atoms with van der Waals surface area (Å²) in [5, 5.41) is 12.5. The highest BCUT2D eigenvalue weighted by molar-refractivity contribution is 5.83. The van der Waals surface area contributed by atoms with Crippen molar-refractivity contribution in [2.45, 2.75) is 43.9 Å². The van der Waals surface area contributed by atoms with Crippen molar-refractivity contribution < 1.29 is 40.7 Å². The molecule has 6 rings (SSSR count). The number of fused-ring (bicyclic) bond motifs is 4. The standard InChI is InChI=1S/C29H29F6N2O2/c1-3-18-16-37(15-17-10-20(28(30,31)32)13-21(11-17)29(33,34)35)9-7-19(18)12-26(37)27(38)23-6-8-36-25-5-4-22(39-2)14-24(23)25/h3-6,8,10-11,13-14,18-19,26-27,38H,1,7,9,12,15-16H2,2H3/q+1/t18-,19-,26-,27+,37?/m0/s1. The molecule has 10 heteroatoms. The number of aliphatic hydroxyl groups is 1. The van der Waals surface area contributed by atoms with Crippen molar-refractivity contribution in [1.29, 1.82) is 0 Å². The van der Waals surface area contributed by atoms with Crippen LogP contribution in [0.3, 0.4) is 0 Å². The van der Waals surface area contributed by atoms with Crippen LogP contribution in [0.1, 0.15) is 41.2 Å². The Hall–Kier alpha value is -3.11. The Kier molecular flexibility index (Phi) is 6.91. The second kappa shape index (κ2) is 9.82.